The van der Waals surface area contributed by atoms with Crippen LogP contribution in [0.25, 0.3) is 0 Å². The topological polar surface area (TPSA) is 146 Å². The van der Waals surface area contributed by atoms with Crippen LogP contribution in [-0.2, 0) is 4.79 Å². The Morgan fingerprint density at radius 3 is 2.64 bits per heavy atom. The number of carboxylic acids is 1. The van der Waals surface area contributed by atoms with Gasteiger partial charge in [-0.2, -0.15) is 5.26 Å². The Kier molecular flexibility index (Phi) is 5.55. The molecule has 0 aromatic heterocycles. The van der Waals surface area contributed by atoms with Crippen molar-refractivity contribution in [1.82, 2.24) is 0 Å². The number of nitrogens with one attached hydrogen (secondary N) is 1. The molecule has 0 fully saturated rings. The predicted molar refractivity (Wildman–Crippen MR) is 87.8 cm³/mol. The average molecular weight is 341 g/mol. The first-order chi connectivity index (χ1) is 11.9. The first-order valence-electron chi connectivity index (χ1n) is 7.14. The number of rotatable bonds is 7. The van der Waals surface area contributed by atoms with Crippen LogP contribution in [0.4, 0.5) is 5.69 Å². The van der Waals surface area contributed by atoms with Crippen molar-refractivity contribution in [3.05, 3.63) is 59.2 Å². The quantitative estimate of drug-likeness (QED) is 0.554. The first-order valence-corrected chi connectivity index (χ1v) is 7.14. The zero-order chi connectivity index (χ0) is 18.4. The average Bonchev–Trinajstić information content (AvgIpc) is 2.60. The molecule has 1 amide bonds. The number of carbonyl (C=O) groups excluding carboxylic acids is 1. The number of hydrogen-bond donors (Lipinski definition) is 4. The van der Waals surface area contributed by atoms with Crippen molar-refractivity contribution in [2.75, 3.05) is 11.9 Å². The summed E-state index contributed by atoms with van der Waals surface area (Å²) in [5, 5.41) is 31.3. The lowest BCUT2D eigenvalue weighted by Crippen LogP contribution is -2.20. The van der Waals surface area contributed by atoms with Gasteiger partial charge in [-0.1, -0.05) is 18.2 Å². The zero-order valence-corrected chi connectivity index (χ0v) is 13.0. The highest BCUT2D eigenvalue weighted by molar-refractivity contribution is 5.89. The van der Waals surface area contributed by atoms with E-state index in [1.54, 1.807) is 12.1 Å². The van der Waals surface area contributed by atoms with Gasteiger partial charge >= 0.3 is 5.97 Å². The molecule has 8 nitrogen and oxygen atoms in total. The number of aromatic carboxylic acids is 1. The molecule has 0 bridgehead atoms. The van der Waals surface area contributed by atoms with Crippen molar-refractivity contribution < 1.29 is 24.5 Å². The van der Waals surface area contributed by atoms with E-state index >= 15 is 0 Å². The second kappa shape index (κ2) is 7.81. The number of aliphatic hydroxyl groups is 1. The fraction of sp³-hybridized carbons (Fsp3) is 0.118. The monoisotopic (exact) mass is 341 g/mol. The number of aliphatic hydroxyl groups excluding tert-OH is 1. The van der Waals surface area contributed by atoms with E-state index in [1.165, 1.54) is 30.3 Å². The van der Waals surface area contributed by atoms with Gasteiger partial charge in [0, 0.05) is 11.3 Å². The van der Waals surface area contributed by atoms with Gasteiger partial charge in [0.15, 0.2) is 12.8 Å². The Morgan fingerprint density at radius 1 is 1.28 bits per heavy atom. The molecule has 5 N–H and O–H groups in total. The fourth-order valence-electron chi connectivity index (χ4n) is 2.15. The number of nitrogens with zero attached hydrogens (tertiary/aromatic N) is 1. The second-order valence-corrected chi connectivity index (χ2v) is 5.02. The van der Waals surface area contributed by atoms with E-state index in [0.717, 1.165) is 0 Å². The van der Waals surface area contributed by atoms with Gasteiger partial charge in [-0.05, 0) is 24.3 Å². The number of nitriles is 1. The Morgan fingerprint density at radius 2 is 2.00 bits per heavy atom. The molecule has 1 atom stereocenters. The molecular formula is C17H15N3O5. The molecular weight excluding hydrogens is 326 g/mol. The maximum absolute atomic E-state index is 11.2. The summed E-state index contributed by atoms with van der Waals surface area (Å²) in [5.74, 6) is -1.66. The minimum Gasteiger partial charge on any atom is -0.482 e. The molecule has 0 aliphatic rings. The van der Waals surface area contributed by atoms with E-state index in [9.17, 15) is 14.7 Å². The van der Waals surface area contributed by atoms with Crippen molar-refractivity contribution in [2.24, 2.45) is 5.73 Å². The van der Waals surface area contributed by atoms with E-state index in [0.29, 0.717) is 5.69 Å². The summed E-state index contributed by atoms with van der Waals surface area (Å²) in [4.78, 5) is 22.0. The van der Waals surface area contributed by atoms with Gasteiger partial charge in [0.1, 0.15) is 11.8 Å². The summed E-state index contributed by atoms with van der Waals surface area (Å²) >= 11 is 0. The third kappa shape index (κ3) is 4.46. The van der Waals surface area contributed by atoms with Crippen LogP contribution >= 0.6 is 0 Å². The first kappa shape index (κ1) is 17.8. The number of nitrogens with two attached hydrogens (primary N) is 1. The molecule has 128 valence electrons. The molecule has 0 heterocycles. The largest absolute Gasteiger partial charge is 0.482 e. The molecule has 2 rings (SSSR count). The lowest BCUT2D eigenvalue weighted by molar-refractivity contribution is -0.119. The SMILES string of the molecule is N#Cc1cc(NC(O)c2ccccc2C(=O)O)ccc1OCC(N)=O. The number of anilines is 1. The number of ether oxygens (including phenoxy) is 1. The van der Waals surface area contributed by atoms with Gasteiger partial charge in [-0.3, -0.25) is 4.79 Å². The normalized spacial score (nSPS) is 11.2. The lowest BCUT2D eigenvalue weighted by Gasteiger charge is -2.17. The Bertz CT molecular complexity index is 844. The van der Waals surface area contributed by atoms with Gasteiger partial charge in [-0.15, -0.1) is 0 Å². The van der Waals surface area contributed by atoms with E-state index in [2.05, 4.69) is 5.32 Å². The van der Waals surface area contributed by atoms with Crippen LogP contribution in [0.15, 0.2) is 42.5 Å². The van der Waals surface area contributed by atoms with Crippen LogP contribution in [0, 0.1) is 11.3 Å². The van der Waals surface area contributed by atoms with Crippen molar-refractivity contribution >= 4 is 17.6 Å². The molecule has 25 heavy (non-hydrogen) atoms. The highest BCUT2D eigenvalue weighted by Crippen LogP contribution is 2.26. The number of amides is 1. The third-order valence-electron chi connectivity index (χ3n) is 3.26. The van der Waals surface area contributed by atoms with Crippen LogP contribution in [0.2, 0.25) is 0 Å². The van der Waals surface area contributed by atoms with Crippen LogP contribution in [-0.4, -0.2) is 28.7 Å². The van der Waals surface area contributed by atoms with Crippen molar-refractivity contribution in [2.45, 2.75) is 6.23 Å². The minimum absolute atomic E-state index is 0.0376. The number of benzene rings is 2. The van der Waals surface area contributed by atoms with Gasteiger partial charge in [0.25, 0.3) is 5.91 Å². The molecule has 0 aliphatic carbocycles. The van der Waals surface area contributed by atoms with Gasteiger partial charge in [0.2, 0.25) is 0 Å². The highest BCUT2D eigenvalue weighted by atomic mass is 16.5. The fourth-order valence-corrected chi connectivity index (χ4v) is 2.15. The maximum atomic E-state index is 11.2. The number of carbonyl (C=O) groups is 2. The maximum Gasteiger partial charge on any atom is 0.336 e. The van der Waals surface area contributed by atoms with Crippen molar-refractivity contribution in [3.8, 4) is 11.8 Å². The summed E-state index contributed by atoms with van der Waals surface area (Å²) < 4.78 is 5.12. The minimum atomic E-state index is -1.30. The lowest BCUT2D eigenvalue weighted by atomic mass is 10.1. The van der Waals surface area contributed by atoms with Gasteiger partial charge < -0.3 is 26.0 Å². The predicted octanol–water partition coefficient (Wildman–Crippen LogP) is 1.22. The molecule has 0 saturated carbocycles. The van der Waals surface area contributed by atoms with E-state index < -0.39 is 18.1 Å². The molecule has 0 aliphatic heterocycles. The molecule has 2 aromatic rings. The van der Waals surface area contributed by atoms with Crippen molar-refractivity contribution in [3.63, 3.8) is 0 Å². The number of hydrogen-bond acceptors (Lipinski definition) is 6. The highest BCUT2D eigenvalue weighted by Gasteiger charge is 2.17. The van der Waals surface area contributed by atoms with E-state index in [-0.39, 0.29) is 29.0 Å². The number of carboxylic acid groups (broad SMARTS) is 1. The molecule has 0 radical (unpaired) electrons. The standard InChI is InChI=1S/C17H15N3O5/c18-8-10-7-11(5-6-14(10)25-9-15(19)21)20-16(22)12-3-1-2-4-13(12)17(23)24/h1-7,16,20,22H,9H2,(H2,19,21)(H,23,24). The molecule has 0 saturated heterocycles. The van der Waals surface area contributed by atoms with Gasteiger partial charge in [-0.25, -0.2) is 4.79 Å². The van der Waals surface area contributed by atoms with Crippen LogP contribution in [0.5, 0.6) is 5.75 Å². The summed E-state index contributed by atoms with van der Waals surface area (Å²) in [7, 11) is 0. The van der Waals surface area contributed by atoms with Crippen LogP contribution in [0.1, 0.15) is 27.7 Å². The summed E-state index contributed by atoms with van der Waals surface area (Å²) in [6.07, 6.45) is -1.30. The second-order valence-electron chi connectivity index (χ2n) is 5.02. The smallest absolute Gasteiger partial charge is 0.336 e. The molecule has 1 unspecified atom stereocenters. The Balaban J connectivity index is 2.22. The van der Waals surface area contributed by atoms with Crippen molar-refractivity contribution in [1.29, 1.82) is 5.26 Å². The van der Waals surface area contributed by atoms with E-state index in [1.807, 2.05) is 6.07 Å². The zero-order valence-electron chi connectivity index (χ0n) is 13.0. The van der Waals surface area contributed by atoms with Crippen LogP contribution < -0.4 is 15.8 Å². The van der Waals surface area contributed by atoms with Gasteiger partial charge in [0.05, 0.1) is 11.1 Å². The molecule has 2 aromatic carbocycles. The Labute approximate surface area is 143 Å². The van der Waals surface area contributed by atoms with E-state index in [4.69, 9.17) is 20.8 Å². The number of primary amides is 1. The molecule has 0 spiro atoms. The molecule has 8 heteroatoms. The third-order valence-corrected chi connectivity index (χ3v) is 3.26. The summed E-state index contributed by atoms with van der Waals surface area (Å²) in [5.41, 5.74) is 5.64. The summed E-state index contributed by atoms with van der Waals surface area (Å²) in [6, 6.07) is 12.3. The Hall–Kier alpha value is -3.57. The van der Waals surface area contributed by atoms with Crippen LogP contribution in [0.3, 0.4) is 0 Å². The summed E-state index contributed by atoms with van der Waals surface area (Å²) in [6.45, 7) is -0.365.